The van der Waals surface area contributed by atoms with Crippen molar-refractivity contribution in [3.05, 3.63) is 72.3 Å². The Morgan fingerprint density at radius 2 is 1.11 bits per heavy atom. The predicted molar refractivity (Wildman–Crippen MR) is 139 cm³/mol. The average molecular weight is 642 g/mol. The number of amides is 3. The third-order valence-corrected chi connectivity index (χ3v) is 5.20. The SMILES string of the molecule is CC(=O)N(C(C)=O)c1ncc(-c2cncc(F)c2)nc1C(F)(F)F.CC(=O)Nc1ncc(-c2cncc(F)c2)nc1C(F)(F)F. The second kappa shape index (κ2) is 13.4. The zero-order valence-electron chi connectivity index (χ0n) is 23.0. The fourth-order valence-electron chi connectivity index (χ4n) is 3.48. The molecule has 0 bridgehead atoms. The molecule has 236 valence electrons. The Morgan fingerprint density at radius 3 is 1.51 bits per heavy atom. The van der Waals surface area contributed by atoms with Gasteiger partial charge in [0, 0.05) is 44.3 Å². The Hall–Kier alpha value is -5.49. The number of pyridine rings is 2. The first-order valence-corrected chi connectivity index (χ1v) is 12.1. The van der Waals surface area contributed by atoms with Gasteiger partial charge in [-0.1, -0.05) is 0 Å². The van der Waals surface area contributed by atoms with Gasteiger partial charge in [-0.3, -0.25) is 24.4 Å². The standard InChI is InChI=1S/C14H10F4N4O2.C12H8F4N4O/c1-7(23)22(8(2)24)13-12(14(16,17)18)21-11(6-20-13)9-3-10(15)5-19-4-9;1-6(21)19-11-10(12(14,15)16)20-9(5-18-11)7-2-8(13)4-17-3-7/h3-6H,1-2H3;2-5H,1H3,(H,18,19,21). The van der Waals surface area contributed by atoms with Crippen molar-refractivity contribution in [3.8, 4) is 22.5 Å². The summed E-state index contributed by atoms with van der Waals surface area (Å²) in [7, 11) is 0. The summed E-state index contributed by atoms with van der Waals surface area (Å²) in [5.41, 5.74) is -3.39. The van der Waals surface area contributed by atoms with Crippen molar-refractivity contribution in [1.29, 1.82) is 0 Å². The van der Waals surface area contributed by atoms with Crippen molar-refractivity contribution in [2.75, 3.05) is 10.2 Å². The highest BCUT2D eigenvalue weighted by Crippen LogP contribution is 2.36. The number of nitrogens with one attached hydrogen (secondary N) is 1. The van der Waals surface area contributed by atoms with Gasteiger partial charge in [-0.2, -0.15) is 26.3 Å². The fourth-order valence-corrected chi connectivity index (χ4v) is 3.48. The molecule has 4 aromatic rings. The summed E-state index contributed by atoms with van der Waals surface area (Å²) in [4.78, 5) is 55.0. The topological polar surface area (TPSA) is 144 Å². The molecule has 0 atom stereocenters. The predicted octanol–water partition coefficient (Wildman–Crippen LogP) is 5.25. The number of alkyl halides is 6. The maximum Gasteiger partial charge on any atom is 0.437 e. The van der Waals surface area contributed by atoms with Crippen LogP contribution in [0.1, 0.15) is 32.2 Å². The lowest BCUT2D eigenvalue weighted by atomic mass is 10.2. The third-order valence-electron chi connectivity index (χ3n) is 5.20. The molecule has 0 aliphatic carbocycles. The number of nitrogens with zero attached hydrogens (tertiary/aromatic N) is 7. The van der Waals surface area contributed by atoms with E-state index in [1.165, 1.54) is 0 Å². The maximum absolute atomic E-state index is 13.3. The van der Waals surface area contributed by atoms with E-state index in [0.29, 0.717) is 0 Å². The van der Waals surface area contributed by atoms with Crippen LogP contribution in [0, 0.1) is 11.6 Å². The third kappa shape index (κ3) is 8.77. The van der Waals surface area contributed by atoms with Crippen molar-refractivity contribution in [2.24, 2.45) is 0 Å². The summed E-state index contributed by atoms with van der Waals surface area (Å²) >= 11 is 0. The number of hydrogen-bond acceptors (Lipinski definition) is 9. The number of carbonyl (C=O) groups excluding carboxylic acids is 3. The molecule has 19 heteroatoms. The van der Waals surface area contributed by atoms with E-state index in [1.807, 2.05) is 5.32 Å². The van der Waals surface area contributed by atoms with E-state index in [1.54, 1.807) is 0 Å². The van der Waals surface area contributed by atoms with Gasteiger partial charge in [0.25, 0.3) is 0 Å². The number of imide groups is 1. The van der Waals surface area contributed by atoms with Crippen LogP contribution in [-0.2, 0) is 26.7 Å². The van der Waals surface area contributed by atoms with Gasteiger partial charge < -0.3 is 5.32 Å². The number of hydrogen-bond donors (Lipinski definition) is 1. The molecule has 0 aromatic carbocycles. The Labute approximate surface area is 247 Å². The van der Waals surface area contributed by atoms with E-state index in [9.17, 15) is 49.5 Å². The van der Waals surface area contributed by atoms with Crippen molar-refractivity contribution < 1.29 is 49.5 Å². The molecule has 3 amide bonds. The molecule has 1 N–H and O–H groups in total. The van der Waals surface area contributed by atoms with Crippen LogP contribution < -0.4 is 10.2 Å². The molecule has 0 fully saturated rings. The minimum Gasteiger partial charge on any atom is -0.309 e. The second-order valence-corrected chi connectivity index (χ2v) is 8.71. The lowest BCUT2D eigenvalue weighted by molar-refractivity contribution is -0.141. The highest BCUT2D eigenvalue weighted by Gasteiger charge is 2.40. The number of aromatic nitrogens is 6. The van der Waals surface area contributed by atoms with Crippen LogP contribution in [0.3, 0.4) is 0 Å². The molecule has 0 radical (unpaired) electrons. The monoisotopic (exact) mass is 642 g/mol. The highest BCUT2D eigenvalue weighted by atomic mass is 19.4. The molecule has 0 aliphatic heterocycles. The smallest absolute Gasteiger partial charge is 0.309 e. The van der Waals surface area contributed by atoms with E-state index in [2.05, 4.69) is 29.9 Å². The minimum atomic E-state index is -4.98. The Bertz CT molecular complexity index is 1730. The molecule has 45 heavy (non-hydrogen) atoms. The van der Waals surface area contributed by atoms with E-state index in [-0.39, 0.29) is 27.4 Å². The van der Waals surface area contributed by atoms with Gasteiger partial charge in [0.15, 0.2) is 23.0 Å². The second-order valence-electron chi connectivity index (χ2n) is 8.71. The van der Waals surface area contributed by atoms with Gasteiger partial charge in [-0.05, 0) is 12.1 Å². The molecule has 0 spiro atoms. The van der Waals surface area contributed by atoms with Crippen molar-refractivity contribution >= 4 is 29.4 Å². The molecular weight excluding hydrogens is 624 g/mol. The molecule has 0 aliphatic rings. The van der Waals surface area contributed by atoms with Crippen molar-refractivity contribution in [3.63, 3.8) is 0 Å². The lowest BCUT2D eigenvalue weighted by Crippen LogP contribution is -2.36. The first kappa shape index (κ1) is 34.0. The summed E-state index contributed by atoms with van der Waals surface area (Å²) in [6.45, 7) is 2.90. The van der Waals surface area contributed by atoms with Crippen molar-refractivity contribution in [1.82, 2.24) is 29.9 Å². The minimum absolute atomic E-state index is 0.0308. The van der Waals surface area contributed by atoms with Crippen LogP contribution in [0.5, 0.6) is 0 Å². The lowest BCUT2D eigenvalue weighted by Gasteiger charge is -2.20. The van der Waals surface area contributed by atoms with E-state index in [4.69, 9.17) is 0 Å². The molecule has 4 rings (SSSR count). The summed E-state index contributed by atoms with van der Waals surface area (Å²) in [6, 6.07) is 1.92. The Morgan fingerprint density at radius 1 is 0.667 bits per heavy atom. The normalized spacial score (nSPS) is 11.3. The number of anilines is 2. The first-order valence-electron chi connectivity index (χ1n) is 12.1. The average Bonchev–Trinajstić information content (AvgIpc) is 2.92. The van der Waals surface area contributed by atoms with E-state index < -0.39 is 64.7 Å². The van der Waals surface area contributed by atoms with E-state index in [0.717, 1.165) is 70.1 Å². The molecule has 4 aromatic heterocycles. The van der Waals surface area contributed by atoms with Crippen LogP contribution in [0.2, 0.25) is 0 Å². The van der Waals surface area contributed by atoms with Crippen LogP contribution in [0.25, 0.3) is 22.5 Å². The summed E-state index contributed by atoms with van der Waals surface area (Å²) in [5.74, 6) is -5.71. The van der Waals surface area contributed by atoms with Gasteiger partial charge >= 0.3 is 12.4 Å². The molecule has 0 unspecified atom stereocenters. The van der Waals surface area contributed by atoms with Gasteiger partial charge in [-0.25, -0.2) is 33.6 Å². The number of carbonyl (C=O) groups is 3. The maximum atomic E-state index is 13.3. The van der Waals surface area contributed by atoms with Crippen LogP contribution in [-0.4, -0.2) is 47.6 Å². The summed E-state index contributed by atoms with van der Waals surface area (Å²) < 4.78 is 105. The zero-order valence-corrected chi connectivity index (χ0v) is 23.0. The quantitative estimate of drug-likeness (QED) is 0.295. The Kier molecular flexibility index (Phi) is 10.2. The highest BCUT2D eigenvalue weighted by molar-refractivity contribution is 6.12. The van der Waals surface area contributed by atoms with Gasteiger partial charge in [0.1, 0.15) is 11.6 Å². The Balaban J connectivity index is 0.000000248. The zero-order chi connectivity index (χ0) is 33.7. The summed E-state index contributed by atoms with van der Waals surface area (Å²) in [5, 5.41) is 1.95. The number of halogens is 8. The largest absolute Gasteiger partial charge is 0.437 e. The molecule has 11 nitrogen and oxygen atoms in total. The molecular formula is C26H18F8N8O3. The van der Waals surface area contributed by atoms with Crippen LogP contribution in [0.15, 0.2) is 49.3 Å². The van der Waals surface area contributed by atoms with Gasteiger partial charge in [-0.15, -0.1) is 0 Å². The fraction of sp³-hybridized carbons (Fsp3) is 0.192. The van der Waals surface area contributed by atoms with Gasteiger partial charge in [0.05, 0.1) is 36.2 Å². The molecule has 0 saturated heterocycles. The van der Waals surface area contributed by atoms with Crippen LogP contribution >= 0.6 is 0 Å². The summed E-state index contributed by atoms with van der Waals surface area (Å²) in [6.07, 6.45) is -3.84. The molecule has 0 saturated carbocycles. The van der Waals surface area contributed by atoms with Crippen molar-refractivity contribution in [2.45, 2.75) is 33.1 Å². The van der Waals surface area contributed by atoms with Crippen LogP contribution in [0.4, 0.5) is 46.8 Å². The van der Waals surface area contributed by atoms with Gasteiger partial charge in [0.2, 0.25) is 17.7 Å². The molecule has 4 heterocycles. The van der Waals surface area contributed by atoms with E-state index >= 15 is 0 Å². The number of rotatable bonds is 4. The first-order chi connectivity index (χ1) is 20.9.